The SMILES string of the molecule is Cn1cnc(CCNC(=O)c2cccc(F)c2Br)n1. The van der Waals surface area contributed by atoms with E-state index in [9.17, 15) is 9.18 Å². The van der Waals surface area contributed by atoms with Crippen LogP contribution in [0.5, 0.6) is 0 Å². The largest absolute Gasteiger partial charge is 0.352 e. The summed E-state index contributed by atoms with van der Waals surface area (Å²) in [7, 11) is 1.78. The minimum Gasteiger partial charge on any atom is -0.352 e. The fourth-order valence-corrected chi connectivity index (χ4v) is 2.01. The first-order valence-corrected chi connectivity index (χ1v) is 6.44. The molecule has 1 aromatic heterocycles. The van der Waals surface area contributed by atoms with Gasteiger partial charge in [-0.15, -0.1) is 0 Å². The van der Waals surface area contributed by atoms with Gasteiger partial charge in [0.05, 0.1) is 10.0 Å². The van der Waals surface area contributed by atoms with Crippen molar-refractivity contribution in [2.45, 2.75) is 6.42 Å². The fraction of sp³-hybridized carbons (Fsp3) is 0.250. The van der Waals surface area contributed by atoms with Gasteiger partial charge >= 0.3 is 0 Å². The van der Waals surface area contributed by atoms with Gasteiger partial charge in [0.2, 0.25) is 0 Å². The second-order valence-electron chi connectivity index (χ2n) is 3.94. The van der Waals surface area contributed by atoms with Gasteiger partial charge in [0.15, 0.2) is 5.82 Å². The molecule has 0 aliphatic heterocycles. The van der Waals surface area contributed by atoms with E-state index < -0.39 is 5.82 Å². The van der Waals surface area contributed by atoms with Crippen LogP contribution in [-0.4, -0.2) is 27.2 Å². The van der Waals surface area contributed by atoms with Gasteiger partial charge in [-0.25, -0.2) is 9.37 Å². The van der Waals surface area contributed by atoms with Crippen LogP contribution < -0.4 is 5.32 Å². The normalized spacial score (nSPS) is 10.5. The summed E-state index contributed by atoms with van der Waals surface area (Å²) in [5, 5.41) is 6.80. The quantitative estimate of drug-likeness (QED) is 0.930. The second kappa shape index (κ2) is 5.92. The molecule has 7 heteroatoms. The van der Waals surface area contributed by atoms with Crippen molar-refractivity contribution < 1.29 is 9.18 Å². The molecule has 2 rings (SSSR count). The number of nitrogens with one attached hydrogen (secondary N) is 1. The molecular formula is C12H12BrFN4O. The molecule has 0 aliphatic rings. The van der Waals surface area contributed by atoms with Crippen LogP contribution in [0.4, 0.5) is 4.39 Å². The average Bonchev–Trinajstić information content (AvgIpc) is 2.78. The Kier molecular flexibility index (Phi) is 4.26. The van der Waals surface area contributed by atoms with Gasteiger partial charge < -0.3 is 5.32 Å². The van der Waals surface area contributed by atoms with Gasteiger partial charge in [0, 0.05) is 20.0 Å². The van der Waals surface area contributed by atoms with Crippen molar-refractivity contribution in [3.8, 4) is 0 Å². The summed E-state index contributed by atoms with van der Waals surface area (Å²) in [6, 6.07) is 4.34. The number of halogens is 2. The molecule has 0 spiro atoms. The molecule has 1 N–H and O–H groups in total. The molecule has 0 aliphatic carbocycles. The number of rotatable bonds is 4. The number of nitrogens with zero attached hydrogens (tertiary/aromatic N) is 3. The molecule has 0 atom stereocenters. The Labute approximate surface area is 118 Å². The average molecular weight is 327 g/mol. The molecule has 100 valence electrons. The van der Waals surface area contributed by atoms with Crippen LogP contribution in [0, 0.1) is 5.82 Å². The van der Waals surface area contributed by atoms with Crippen LogP contribution in [0.1, 0.15) is 16.2 Å². The first-order valence-electron chi connectivity index (χ1n) is 5.64. The lowest BCUT2D eigenvalue weighted by Crippen LogP contribution is -2.26. The molecule has 0 fully saturated rings. The van der Waals surface area contributed by atoms with Crippen LogP contribution in [-0.2, 0) is 13.5 Å². The van der Waals surface area contributed by atoms with Crippen LogP contribution in [0.15, 0.2) is 29.0 Å². The Morgan fingerprint density at radius 1 is 1.53 bits per heavy atom. The van der Waals surface area contributed by atoms with Gasteiger partial charge in [-0.05, 0) is 28.1 Å². The summed E-state index contributed by atoms with van der Waals surface area (Å²) in [4.78, 5) is 15.9. The molecule has 1 heterocycles. The number of aromatic nitrogens is 3. The first kappa shape index (κ1) is 13.7. The summed E-state index contributed by atoms with van der Waals surface area (Å²) in [5.74, 6) is -0.137. The molecule has 5 nitrogen and oxygen atoms in total. The van der Waals surface area contributed by atoms with E-state index in [0.717, 1.165) is 0 Å². The smallest absolute Gasteiger partial charge is 0.252 e. The molecule has 0 bridgehead atoms. The molecule has 1 aromatic carbocycles. The lowest BCUT2D eigenvalue weighted by Gasteiger charge is -2.06. The first-order chi connectivity index (χ1) is 9.08. The minimum atomic E-state index is -0.459. The Morgan fingerprint density at radius 3 is 3.00 bits per heavy atom. The van der Waals surface area contributed by atoms with Crippen molar-refractivity contribution in [2.75, 3.05) is 6.54 Å². The molecule has 19 heavy (non-hydrogen) atoms. The molecule has 0 radical (unpaired) electrons. The predicted molar refractivity (Wildman–Crippen MR) is 71.1 cm³/mol. The van der Waals surface area contributed by atoms with Crippen LogP contribution in [0.3, 0.4) is 0 Å². The number of carbonyl (C=O) groups is 1. The van der Waals surface area contributed by atoms with Crippen molar-refractivity contribution in [3.63, 3.8) is 0 Å². The Balaban J connectivity index is 1.93. The van der Waals surface area contributed by atoms with Crippen LogP contribution in [0.25, 0.3) is 0 Å². The van der Waals surface area contributed by atoms with E-state index in [1.54, 1.807) is 24.1 Å². The Hall–Kier alpha value is -1.76. The Bertz CT molecular complexity index is 599. The zero-order chi connectivity index (χ0) is 13.8. The van der Waals surface area contributed by atoms with E-state index in [0.29, 0.717) is 18.8 Å². The lowest BCUT2D eigenvalue weighted by atomic mass is 10.2. The number of benzene rings is 1. The summed E-state index contributed by atoms with van der Waals surface area (Å²) in [6.45, 7) is 0.395. The highest BCUT2D eigenvalue weighted by Gasteiger charge is 2.12. The van der Waals surface area contributed by atoms with E-state index in [1.807, 2.05) is 0 Å². The number of carbonyl (C=O) groups excluding carboxylic acids is 1. The van der Waals surface area contributed by atoms with E-state index >= 15 is 0 Å². The monoisotopic (exact) mass is 326 g/mol. The minimum absolute atomic E-state index is 0.170. The molecule has 2 aromatic rings. The topological polar surface area (TPSA) is 59.8 Å². The fourth-order valence-electron chi connectivity index (χ4n) is 1.56. The molecular weight excluding hydrogens is 315 g/mol. The summed E-state index contributed by atoms with van der Waals surface area (Å²) in [5.41, 5.74) is 0.272. The molecule has 0 unspecified atom stereocenters. The molecule has 1 amide bonds. The van der Waals surface area contributed by atoms with E-state index in [4.69, 9.17) is 0 Å². The van der Waals surface area contributed by atoms with Crippen molar-refractivity contribution in [2.24, 2.45) is 7.05 Å². The van der Waals surface area contributed by atoms with Crippen molar-refractivity contribution in [1.82, 2.24) is 20.1 Å². The number of hydrogen-bond donors (Lipinski definition) is 1. The highest BCUT2D eigenvalue weighted by Crippen LogP contribution is 2.20. The highest BCUT2D eigenvalue weighted by molar-refractivity contribution is 9.10. The highest BCUT2D eigenvalue weighted by atomic mass is 79.9. The zero-order valence-electron chi connectivity index (χ0n) is 10.2. The standard InChI is InChI=1S/C12H12BrFN4O/c1-18-7-16-10(17-18)5-6-15-12(19)8-3-2-4-9(14)11(8)13/h2-4,7H,5-6H2,1H3,(H,15,19). The number of amides is 1. The maximum Gasteiger partial charge on any atom is 0.252 e. The maximum atomic E-state index is 13.3. The second-order valence-corrected chi connectivity index (χ2v) is 4.73. The summed E-state index contributed by atoms with van der Waals surface area (Å²) < 4.78 is 15.0. The van der Waals surface area contributed by atoms with Gasteiger partial charge in [-0.1, -0.05) is 6.07 Å². The molecule has 0 saturated carbocycles. The van der Waals surface area contributed by atoms with Crippen molar-refractivity contribution >= 4 is 21.8 Å². The van der Waals surface area contributed by atoms with Crippen molar-refractivity contribution in [3.05, 3.63) is 46.2 Å². The third kappa shape index (κ3) is 3.37. The number of aryl methyl sites for hydroxylation is 1. The Morgan fingerprint density at radius 2 is 2.32 bits per heavy atom. The van der Waals surface area contributed by atoms with E-state index in [-0.39, 0.29) is 15.9 Å². The van der Waals surface area contributed by atoms with Gasteiger partial charge in [-0.3, -0.25) is 9.48 Å². The summed E-state index contributed by atoms with van der Waals surface area (Å²) >= 11 is 3.06. The van der Waals surface area contributed by atoms with Crippen LogP contribution >= 0.6 is 15.9 Å². The van der Waals surface area contributed by atoms with E-state index in [2.05, 4.69) is 31.3 Å². The van der Waals surface area contributed by atoms with Crippen LogP contribution in [0.2, 0.25) is 0 Å². The lowest BCUT2D eigenvalue weighted by molar-refractivity contribution is 0.0952. The molecule has 0 saturated heterocycles. The summed E-state index contributed by atoms with van der Waals surface area (Å²) in [6.07, 6.45) is 2.12. The van der Waals surface area contributed by atoms with Gasteiger partial charge in [0.1, 0.15) is 12.1 Å². The van der Waals surface area contributed by atoms with Gasteiger partial charge in [0.25, 0.3) is 5.91 Å². The van der Waals surface area contributed by atoms with Crippen molar-refractivity contribution in [1.29, 1.82) is 0 Å². The predicted octanol–water partition coefficient (Wildman–Crippen LogP) is 1.69. The third-order valence-electron chi connectivity index (χ3n) is 2.48. The zero-order valence-corrected chi connectivity index (χ0v) is 11.8. The third-order valence-corrected chi connectivity index (χ3v) is 3.28. The van der Waals surface area contributed by atoms with Gasteiger partial charge in [-0.2, -0.15) is 5.10 Å². The number of hydrogen-bond acceptors (Lipinski definition) is 3. The van der Waals surface area contributed by atoms with E-state index in [1.165, 1.54) is 12.1 Å². The maximum absolute atomic E-state index is 13.3.